The highest BCUT2D eigenvalue weighted by Gasteiger charge is 2.31. The van der Waals surface area contributed by atoms with Crippen molar-refractivity contribution in [3.8, 4) is 0 Å². The van der Waals surface area contributed by atoms with Gasteiger partial charge >= 0.3 is 0 Å². The highest BCUT2D eigenvalue weighted by molar-refractivity contribution is 5.93. The topological polar surface area (TPSA) is 75.9 Å². The van der Waals surface area contributed by atoms with Crippen LogP contribution in [0.3, 0.4) is 0 Å². The lowest BCUT2D eigenvalue weighted by molar-refractivity contribution is -0.135. The second-order valence-electron chi connectivity index (χ2n) is 6.75. The Morgan fingerprint density at radius 3 is 2.67 bits per heavy atom. The van der Waals surface area contributed by atoms with Crippen LogP contribution in [0.2, 0.25) is 0 Å². The van der Waals surface area contributed by atoms with Crippen LogP contribution in [0.1, 0.15) is 48.9 Å². The second kappa shape index (κ2) is 7.34. The fourth-order valence-electron chi connectivity index (χ4n) is 3.30. The summed E-state index contributed by atoms with van der Waals surface area (Å²) in [7, 11) is 0. The molecular formula is C17H25N3O4. The SMILES string of the molecule is CC(C)c1ocnc1C(=O)N1CCCN(C(=O)C2CCOC2)CC1. The summed E-state index contributed by atoms with van der Waals surface area (Å²) in [5.74, 6) is 0.770. The third-order valence-electron chi connectivity index (χ3n) is 4.70. The van der Waals surface area contributed by atoms with E-state index < -0.39 is 0 Å². The molecule has 2 amide bonds. The summed E-state index contributed by atoms with van der Waals surface area (Å²) in [5.41, 5.74) is 0.397. The maximum absolute atomic E-state index is 12.8. The lowest BCUT2D eigenvalue weighted by atomic mass is 10.1. The predicted octanol–water partition coefficient (Wildman–Crippen LogP) is 1.51. The first-order valence-corrected chi connectivity index (χ1v) is 8.67. The zero-order valence-electron chi connectivity index (χ0n) is 14.4. The molecule has 1 atom stereocenters. The van der Waals surface area contributed by atoms with E-state index >= 15 is 0 Å². The summed E-state index contributed by atoms with van der Waals surface area (Å²) in [6.45, 7) is 7.56. The minimum absolute atomic E-state index is 0.0182. The van der Waals surface area contributed by atoms with E-state index in [2.05, 4.69) is 4.98 Å². The number of aromatic nitrogens is 1. The highest BCUT2D eigenvalue weighted by Crippen LogP contribution is 2.21. The van der Waals surface area contributed by atoms with Crippen LogP contribution in [0.15, 0.2) is 10.8 Å². The average Bonchev–Trinajstić information content (AvgIpc) is 3.21. The molecule has 0 radical (unpaired) electrons. The molecule has 1 aromatic rings. The monoisotopic (exact) mass is 335 g/mol. The Bertz CT molecular complexity index is 592. The molecule has 0 aromatic carbocycles. The summed E-state index contributed by atoms with van der Waals surface area (Å²) in [6.07, 6.45) is 2.91. The number of ether oxygens (including phenoxy) is 1. The molecule has 3 heterocycles. The van der Waals surface area contributed by atoms with Crippen LogP contribution in [0, 0.1) is 5.92 Å². The van der Waals surface area contributed by atoms with Gasteiger partial charge in [0.25, 0.3) is 5.91 Å². The predicted molar refractivity (Wildman–Crippen MR) is 86.6 cm³/mol. The van der Waals surface area contributed by atoms with Gasteiger partial charge in [-0.2, -0.15) is 0 Å². The number of carbonyl (C=O) groups is 2. The quantitative estimate of drug-likeness (QED) is 0.837. The Morgan fingerprint density at radius 1 is 1.21 bits per heavy atom. The third-order valence-corrected chi connectivity index (χ3v) is 4.70. The maximum atomic E-state index is 12.8. The number of nitrogens with zero attached hydrogens (tertiary/aromatic N) is 3. The summed E-state index contributed by atoms with van der Waals surface area (Å²) in [5, 5.41) is 0. The largest absolute Gasteiger partial charge is 0.447 e. The molecule has 0 aliphatic carbocycles. The van der Waals surface area contributed by atoms with E-state index in [1.807, 2.05) is 18.7 Å². The van der Waals surface area contributed by atoms with E-state index in [4.69, 9.17) is 9.15 Å². The van der Waals surface area contributed by atoms with Crippen molar-refractivity contribution in [1.29, 1.82) is 0 Å². The standard InChI is InChI=1S/C17H25N3O4/c1-12(2)15-14(18-11-24-15)17(22)20-6-3-5-19(7-8-20)16(21)13-4-9-23-10-13/h11-13H,3-10H2,1-2H3. The van der Waals surface area contributed by atoms with Gasteiger partial charge in [-0.25, -0.2) is 4.98 Å². The number of carbonyl (C=O) groups excluding carboxylic acids is 2. The molecule has 1 unspecified atom stereocenters. The van der Waals surface area contributed by atoms with Gasteiger partial charge in [-0.15, -0.1) is 0 Å². The Kier molecular flexibility index (Phi) is 5.18. The lowest BCUT2D eigenvalue weighted by Crippen LogP contribution is -2.40. The Hall–Kier alpha value is -1.89. The zero-order valence-corrected chi connectivity index (χ0v) is 14.4. The minimum atomic E-state index is -0.106. The van der Waals surface area contributed by atoms with E-state index in [1.54, 1.807) is 4.90 Å². The average molecular weight is 335 g/mol. The van der Waals surface area contributed by atoms with Gasteiger partial charge in [-0.3, -0.25) is 9.59 Å². The molecule has 0 bridgehead atoms. The molecule has 0 saturated carbocycles. The van der Waals surface area contributed by atoms with Crippen LogP contribution in [0.5, 0.6) is 0 Å². The van der Waals surface area contributed by atoms with E-state index in [1.165, 1.54) is 6.39 Å². The van der Waals surface area contributed by atoms with Gasteiger partial charge in [0.05, 0.1) is 12.5 Å². The molecule has 0 spiro atoms. The minimum Gasteiger partial charge on any atom is -0.447 e. The van der Waals surface area contributed by atoms with Gasteiger partial charge in [-0.1, -0.05) is 13.8 Å². The molecule has 2 fully saturated rings. The van der Waals surface area contributed by atoms with Gasteiger partial charge in [-0.05, 0) is 12.8 Å². The molecule has 1 aromatic heterocycles. The lowest BCUT2D eigenvalue weighted by Gasteiger charge is -2.24. The molecular weight excluding hydrogens is 310 g/mol. The molecule has 24 heavy (non-hydrogen) atoms. The van der Waals surface area contributed by atoms with Crippen molar-refractivity contribution in [3.63, 3.8) is 0 Å². The van der Waals surface area contributed by atoms with Crippen LogP contribution < -0.4 is 0 Å². The third kappa shape index (κ3) is 3.45. The first-order chi connectivity index (χ1) is 11.6. The number of oxazole rings is 1. The van der Waals surface area contributed by atoms with Crippen molar-refractivity contribution >= 4 is 11.8 Å². The van der Waals surface area contributed by atoms with Crippen LogP contribution in [0.4, 0.5) is 0 Å². The molecule has 2 saturated heterocycles. The van der Waals surface area contributed by atoms with Crippen LogP contribution in [0.25, 0.3) is 0 Å². The van der Waals surface area contributed by atoms with Gasteiger partial charge in [0.15, 0.2) is 12.1 Å². The fourth-order valence-corrected chi connectivity index (χ4v) is 3.30. The van der Waals surface area contributed by atoms with Crippen LogP contribution in [-0.2, 0) is 9.53 Å². The van der Waals surface area contributed by atoms with E-state index in [-0.39, 0.29) is 23.7 Å². The van der Waals surface area contributed by atoms with Gasteiger partial charge in [0.2, 0.25) is 5.91 Å². The van der Waals surface area contributed by atoms with E-state index in [0.717, 1.165) is 12.8 Å². The zero-order chi connectivity index (χ0) is 17.1. The molecule has 3 rings (SSSR count). The Morgan fingerprint density at radius 2 is 1.96 bits per heavy atom. The van der Waals surface area contributed by atoms with E-state index in [0.29, 0.717) is 50.8 Å². The van der Waals surface area contributed by atoms with Crippen molar-refractivity contribution < 1.29 is 18.7 Å². The summed E-state index contributed by atoms with van der Waals surface area (Å²) in [4.78, 5) is 33.0. The van der Waals surface area contributed by atoms with Crippen molar-refractivity contribution in [1.82, 2.24) is 14.8 Å². The molecule has 0 N–H and O–H groups in total. The first kappa shape index (κ1) is 17.0. The number of amides is 2. The van der Waals surface area contributed by atoms with Crippen molar-refractivity contribution in [2.75, 3.05) is 39.4 Å². The van der Waals surface area contributed by atoms with Crippen LogP contribution >= 0.6 is 0 Å². The molecule has 2 aliphatic rings. The smallest absolute Gasteiger partial charge is 0.276 e. The number of rotatable bonds is 3. The van der Waals surface area contributed by atoms with Gasteiger partial charge < -0.3 is 19.0 Å². The summed E-state index contributed by atoms with van der Waals surface area (Å²) < 4.78 is 10.7. The Balaban J connectivity index is 1.63. The molecule has 2 aliphatic heterocycles. The molecule has 7 heteroatoms. The van der Waals surface area contributed by atoms with Crippen molar-refractivity contribution in [2.45, 2.75) is 32.6 Å². The normalized spacial score (nSPS) is 22.0. The number of hydrogen-bond donors (Lipinski definition) is 0. The second-order valence-corrected chi connectivity index (χ2v) is 6.75. The van der Waals surface area contributed by atoms with Crippen LogP contribution in [-0.4, -0.2) is 66.0 Å². The summed E-state index contributed by atoms with van der Waals surface area (Å²) >= 11 is 0. The first-order valence-electron chi connectivity index (χ1n) is 8.67. The molecule has 132 valence electrons. The fraction of sp³-hybridized carbons (Fsp3) is 0.706. The molecule has 7 nitrogen and oxygen atoms in total. The summed E-state index contributed by atoms with van der Waals surface area (Å²) in [6, 6.07) is 0. The van der Waals surface area contributed by atoms with Crippen molar-refractivity contribution in [2.24, 2.45) is 5.92 Å². The Labute approximate surface area is 141 Å². The van der Waals surface area contributed by atoms with E-state index in [9.17, 15) is 9.59 Å². The van der Waals surface area contributed by atoms with Gasteiger partial charge in [0, 0.05) is 38.7 Å². The van der Waals surface area contributed by atoms with Gasteiger partial charge in [0.1, 0.15) is 5.76 Å². The van der Waals surface area contributed by atoms with Crippen molar-refractivity contribution in [3.05, 3.63) is 17.8 Å². The maximum Gasteiger partial charge on any atom is 0.276 e. The number of hydrogen-bond acceptors (Lipinski definition) is 5. The highest BCUT2D eigenvalue weighted by atomic mass is 16.5.